The topological polar surface area (TPSA) is 106 Å². The summed E-state index contributed by atoms with van der Waals surface area (Å²) < 4.78 is 36.3. The molecule has 1 unspecified atom stereocenters. The second-order valence-corrected chi connectivity index (χ2v) is 6.98. The molecule has 0 saturated carbocycles. The zero-order valence-electron chi connectivity index (χ0n) is 13.1. The second-order valence-electron chi connectivity index (χ2n) is 4.97. The van der Waals surface area contributed by atoms with Gasteiger partial charge in [0.15, 0.2) is 0 Å². The monoisotopic (exact) mass is 343 g/mol. The van der Waals surface area contributed by atoms with E-state index in [4.69, 9.17) is 9.47 Å². The molecule has 1 aromatic rings. The van der Waals surface area contributed by atoms with E-state index in [2.05, 4.69) is 15.4 Å². The number of morpholine rings is 1. The molecule has 0 aliphatic carbocycles. The van der Waals surface area contributed by atoms with Gasteiger partial charge >= 0.3 is 0 Å². The molecule has 0 aromatic heterocycles. The van der Waals surface area contributed by atoms with E-state index in [-0.39, 0.29) is 11.7 Å². The van der Waals surface area contributed by atoms with Crippen LogP contribution in [-0.2, 0) is 19.6 Å². The maximum Gasteiger partial charge on any atom is 0.254 e. The fourth-order valence-corrected chi connectivity index (χ4v) is 2.70. The van der Waals surface area contributed by atoms with E-state index in [1.807, 2.05) is 0 Å². The third-order valence-corrected chi connectivity index (χ3v) is 4.63. The van der Waals surface area contributed by atoms with Crippen LogP contribution in [0.1, 0.15) is 6.92 Å². The van der Waals surface area contributed by atoms with Crippen LogP contribution in [0.5, 0.6) is 5.75 Å². The van der Waals surface area contributed by atoms with Crippen LogP contribution < -0.4 is 20.1 Å². The highest BCUT2D eigenvalue weighted by molar-refractivity contribution is 7.92. The number of amides is 1. The predicted molar refractivity (Wildman–Crippen MR) is 87.3 cm³/mol. The van der Waals surface area contributed by atoms with Crippen molar-refractivity contribution < 1.29 is 22.7 Å². The van der Waals surface area contributed by atoms with Crippen LogP contribution in [-0.4, -0.2) is 53.0 Å². The van der Waals surface area contributed by atoms with Crippen LogP contribution in [0.25, 0.3) is 0 Å². The summed E-state index contributed by atoms with van der Waals surface area (Å²) in [6.45, 7) is 3.21. The summed E-state index contributed by atoms with van der Waals surface area (Å²) in [6, 6.07) is 4.70. The van der Waals surface area contributed by atoms with Gasteiger partial charge in [0.25, 0.3) is 5.91 Å². The minimum Gasteiger partial charge on any atom is -0.494 e. The lowest BCUT2D eigenvalue weighted by atomic mass is 10.2. The molecule has 1 saturated heterocycles. The van der Waals surface area contributed by atoms with E-state index in [0.29, 0.717) is 30.3 Å². The van der Waals surface area contributed by atoms with Gasteiger partial charge in [-0.15, -0.1) is 0 Å². The molecule has 2 rings (SSSR count). The van der Waals surface area contributed by atoms with Gasteiger partial charge in [0, 0.05) is 24.8 Å². The van der Waals surface area contributed by atoms with Crippen molar-refractivity contribution in [2.75, 3.05) is 42.6 Å². The summed E-state index contributed by atoms with van der Waals surface area (Å²) in [7, 11) is -1.97. The number of benzene rings is 1. The van der Waals surface area contributed by atoms with Gasteiger partial charge < -0.3 is 20.1 Å². The predicted octanol–water partition coefficient (Wildman–Crippen LogP) is 0.384. The number of ether oxygens (including phenoxy) is 2. The van der Waals surface area contributed by atoms with Crippen LogP contribution in [0.15, 0.2) is 18.2 Å². The fourth-order valence-electron chi connectivity index (χ4n) is 2.05. The van der Waals surface area contributed by atoms with Gasteiger partial charge in [-0.05, 0) is 19.1 Å². The Morgan fingerprint density at radius 2 is 2.26 bits per heavy atom. The minimum atomic E-state index is -3.40. The molecule has 1 aliphatic rings. The van der Waals surface area contributed by atoms with Crippen molar-refractivity contribution in [3.8, 4) is 5.75 Å². The summed E-state index contributed by atoms with van der Waals surface area (Å²) in [6.07, 6.45) is -0.548. The smallest absolute Gasteiger partial charge is 0.254 e. The lowest BCUT2D eigenvalue weighted by Crippen LogP contribution is -2.45. The Morgan fingerprint density at radius 3 is 2.87 bits per heavy atom. The summed E-state index contributed by atoms with van der Waals surface area (Å²) in [4.78, 5) is 12.1. The average molecular weight is 343 g/mol. The number of carbonyl (C=O) groups is 1. The minimum absolute atomic E-state index is 0.0410. The largest absolute Gasteiger partial charge is 0.494 e. The van der Waals surface area contributed by atoms with E-state index in [1.54, 1.807) is 25.1 Å². The van der Waals surface area contributed by atoms with Crippen molar-refractivity contribution in [3.63, 3.8) is 0 Å². The van der Waals surface area contributed by atoms with Crippen molar-refractivity contribution in [1.29, 1.82) is 0 Å². The molecule has 1 heterocycles. The lowest BCUT2D eigenvalue weighted by Gasteiger charge is -2.23. The maximum absolute atomic E-state index is 12.1. The Labute approximate surface area is 135 Å². The summed E-state index contributed by atoms with van der Waals surface area (Å²) >= 11 is 0. The number of anilines is 2. The Balaban J connectivity index is 2.10. The molecule has 9 heteroatoms. The van der Waals surface area contributed by atoms with Crippen molar-refractivity contribution >= 4 is 27.3 Å². The first kappa shape index (κ1) is 17.5. The van der Waals surface area contributed by atoms with Crippen LogP contribution in [0.3, 0.4) is 0 Å². The van der Waals surface area contributed by atoms with Gasteiger partial charge in [-0.3, -0.25) is 9.52 Å². The summed E-state index contributed by atoms with van der Waals surface area (Å²) in [5.41, 5.74) is 0.823. The molecule has 0 bridgehead atoms. The molecule has 0 radical (unpaired) electrons. The van der Waals surface area contributed by atoms with E-state index in [1.165, 1.54) is 7.11 Å². The average Bonchev–Trinajstić information content (AvgIpc) is 2.56. The van der Waals surface area contributed by atoms with Gasteiger partial charge in [0.2, 0.25) is 10.0 Å². The highest BCUT2D eigenvalue weighted by atomic mass is 32.2. The number of hydrogen-bond donors (Lipinski definition) is 3. The van der Waals surface area contributed by atoms with Gasteiger partial charge in [-0.2, -0.15) is 0 Å². The summed E-state index contributed by atoms with van der Waals surface area (Å²) in [5, 5.41) is 5.81. The maximum atomic E-state index is 12.1. The molecular formula is C14H21N3O5S. The van der Waals surface area contributed by atoms with E-state index in [0.717, 1.165) is 6.54 Å². The van der Waals surface area contributed by atoms with E-state index >= 15 is 0 Å². The molecule has 3 N–H and O–H groups in total. The Bertz CT molecular complexity index is 656. The Hall–Kier alpha value is -1.84. The highest BCUT2D eigenvalue weighted by Crippen LogP contribution is 2.29. The molecule has 0 spiro atoms. The van der Waals surface area contributed by atoms with Gasteiger partial charge in [0.1, 0.15) is 11.9 Å². The molecule has 1 fully saturated rings. The van der Waals surface area contributed by atoms with Gasteiger partial charge in [-0.1, -0.05) is 0 Å². The third kappa shape index (κ3) is 4.81. The number of hydrogen-bond acceptors (Lipinski definition) is 6. The number of carbonyl (C=O) groups excluding carboxylic acids is 1. The summed E-state index contributed by atoms with van der Waals surface area (Å²) in [5.74, 6) is 0.0179. The molecule has 1 amide bonds. The molecule has 1 atom stereocenters. The normalized spacial score (nSPS) is 18.3. The van der Waals surface area contributed by atoms with Gasteiger partial charge in [-0.25, -0.2) is 8.42 Å². The molecule has 1 aliphatic heterocycles. The Morgan fingerprint density at radius 1 is 1.48 bits per heavy atom. The van der Waals surface area contributed by atoms with Crippen molar-refractivity contribution in [3.05, 3.63) is 18.2 Å². The van der Waals surface area contributed by atoms with Crippen molar-refractivity contribution in [2.24, 2.45) is 0 Å². The third-order valence-electron chi connectivity index (χ3n) is 3.33. The van der Waals surface area contributed by atoms with Crippen molar-refractivity contribution in [1.82, 2.24) is 5.32 Å². The van der Waals surface area contributed by atoms with E-state index in [9.17, 15) is 13.2 Å². The van der Waals surface area contributed by atoms with Gasteiger partial charge in [0.05, 0.1) is 25.2 Å². The SMILES string of the molecule is CCS(=O)(=O)Nc1ccc(NC(=O)C2CNCCO2)cc1OC. The number of methoxy groups -OCH3 is 1. The molecule has 128 valence electrons. The Kier molecular flexibility index (Phi) is 5.80. The zero-order chi connectivity index (χ0) is 16.9. The second kappa shape index (κ2) is 7.62. The number of nitrogens with one attached hydrogen (secondary N) is 3. The lowest BCUT2D eigenvalue weighted by molar-refractivity contribution is -0.128. The first-order valence-corrected chi connectivity index (χ1v) is 8.92. The zero-order valence-corrected chi connectivity index (χ0v) is 13.9. The van der Waals surface area contributed by atoms with E-state index < -0.39 is 16.1 Å². The number of sulfonamides is 1. The molecular weight excluding hydrogens is 322 g/mol. The number of rotatable bonds is 6. The highest BCUT2D eigenvalue weighted by Gasteiger charge is 2.22. The standard InChI is InChI=1S/C14H21N3O5S/c1-3-23(19,20)17-11-5-4-10(8-12(11)21-2)16-14(18)13-9-15-6-7-22-13/h4-5,8,13,15,17H,3,6-7,9H2,1-2H3,(H,16,18). The molecule has 23 heavy (non-hydrogen) atoms. The first-order chi connectivity index (χ1) is 10.9. The fraction of sp³-hybridized carbons (Fsp3) is 0.500. The van der Waals surface area contributed by atoms with Crippen LogP contribution >= 0.6 is 0 Å². The first-order valence-electron chi connectivity index (χ1n) is 7.27. The molecule has 8 nitrogen and oxygen atoms in total. The van der Waals surface area contributed by atoms with Crippen molar-refractivity contribution in [2.45, 2.75) is 13.0 Å². The van der Waals surface area contributed by atoms with Crippen LogP contribution in [0.4, 0.5) is 11.4 Å². The van der Waals surface area contributed by atoms with Crippen LogP contribution in [0.2, 0.25) is 0 Å². The van der Waals surface area contributed by atoms with Crippen LogP contribution in [0, 0.1) is 0 Å². The quantitative estimate of drug-likeness (QED) is 0.690. The molecule has 1 aromatic carbocycles.